The third-order valence-electron chi connectivity index (χ3n) is 5.13. The fraction of sp³-hybridized carbons (Fsp3) is 0.600. The molecule has 1 saturated heterocycles. The third-order valence-corrected chi connectivity index (χ3v) is 5.13. The van der Waals surface area contributed by atoms with Gasteiger partial charge < -0.3 is 10.0 Å². The normalized spacial score (nSPS) is 17.1. The maximum atomic E-state index is 13.1. The second-order valence-electron chi connectivity index (χ2n) is 7.15. The van der Waals surface area contributed by atoms with Gasteiger partial charge in [-0.05, 0) is 30.9 Å². The Morgan fingerprint density at radius 3 is 2.28 bits per heavy atom. The molecule has 1 amide bonds. The topological polar surface area (TPSA) is 60.9 Å². The minimum absolute atomic E-state index is 0.0771. The van der Waals surface area contributed by atoms with Crippen molar-refractivity contribution < 1.29 is 14.7 Å². The molecule has 25 heavy (non-hydrogen) atoms. The van der Waals surface area contributed by atoms with Gasteiger partial charge in [-0.25, -0.2) is 0 Å². The van der Waals surface area contributed by atoms with Crippen LogP contribution in [0.3, 0.4) is 0 Å². The predicted octanol–water partition coefficient (Wildman–Crippen LogP) is 2.82. The molecule has 1 aliphatic heterocycles. The Balaban J connectivity index is 2.01. The number of likely N-dealkylation sites (tertiary alicyclic amines) is 1. The van der Waals surface area contributed by atoms with Crippen molar-refractivity contribution in [3.05, 3.63) is 35.9 Å². The first kappa shape index (κ1) is 19.4. The van der Waals surface area contributed by atoms with Crippen molar-refractivity contribution in [1.82, 2.24) is 9.80 Å². The Kier molecular flexibility index (Phi) is 7.00. The lowest BCUT2D eigenvalue weighted by atomic mass is 9.86. The summed E-state index contributed by atoms with van der Waals surface area (Å²) in [7, 11) is 0. The number of carboxylic acids is 1. The summed E-state index contributed by atoms with van der Waals surface area (Å²) in [6.45, 7) is 8.38. The average molecular weight is 346 g/mol. The van der Waals surface area contributed by atoms with Gasteiger partial charge >= 0.3 is 5.97 Å². The zero-order valence-electron chi connectivity index (χ0n) is 15.5. The number of carbonyl (C=O) groups is 2. The molecule has 0 aromatic heterocycles. The van der Waals surface area contributed by atoms with Gasteiger partial charge in [0.15, 0.2) is 0 Å². The molecule has 0 spiro atoms. The van der Waals surface area contributed by atoms with Gasteiger partial charge in [0.25, 0.3) is 0 Å². The van der Waals surface area contributed by atoms with E-state index in [-0.39, 0.29) is 30.3 Å². The van der Waals surface area contributed by atoms with Crippen LogP contribution >= 0.6 is 0 Å². The van der Waals surface area contributed by atoms with E-state index in [4.69, 9.17) is 5.11 Å². The first-order valence-electron chi connectivity index (χ1n) is 9.23. The van der Waals surface area contributed by atoms with Gasteiger partial charge in [0.1, 0.15) is 0 Å². The zero-order valence-corrected chi connectivity index (χ0v) is 15.5. The van der Waals surface area contributed by atoms with Crippen LogP contribution in [-0.4, -0.2) is 59.0 Å². The van der Waals surface area contributed by atoms with Gasteiger partial charge in [0, 0.05) is 19.1 Å². The summed E-state index contributed by atoms with van der Waals surface area (Å²) in [5.74, 6) is -0.462. The van der Waals surface area contributed by atoms with E-state index in [1.807, 2.05) is 47.1 Å². The summed E-state index contributed by atoms with van der Waals surface area (Å²) in [5.41, 5.74) is 1.07. The Labute approximate surface area is 150 Å². The molecular weight excluding hydrogens is 316 g/mol. The first-order chi connectivity index (χ1) is 11.9. The van der Waals surface area contributed by atoms with Crippen molar-refractivity contribution in [1.29, 1.82) is 0 Å². The third kappa shape index (κ3) is 5.05. The number of carboxylic acid groups (broad SMARTS) is 1. The molecule has 1 fully saturated rings. The minimum atomic E-state index is -0.788. The van der Waals surface area contributed by atoms with Gasteiger partial charge in [-0.15, -0.1) is 0 Å². The highest BCUT2D eigenvalue weighted by Gasteiger charge is 2.32. The minimum Gasteiger partial charge on any atom is -0.480 e. The summed E-state index contributed by atoms with van der Waals surface area (Å²) in [6.07, 6.45) is 1.68. The Morgan fingerprint density at radius 1 is 1.20 bits per heavy atom. The quantitative estimate of drug-likeness (QED) is 0.825. The van der Waals surface area contributed by atoms with Crippen LogP contribution in [0.2, 0.25) is 0 Å². The first-order valence-corrected chi connectivity index (χ1v) is 9.23. The largest absolute Gasteiger partial charge is 0.480 e. The van der Waals surface area contributed by atoms with Gasteiger partial charge in [0.2, 0.25) is 5.91 Å². The number of likely N-dealkylation sites (N-methyl/N-ethyl adjacent to an activating group) is 1. The number of rotatable bonds is 7. The van der Waals surface area contributed by atoms with Crippen LogP contribution in [0.1, 0.15) is 45.1 Å². The molecule has 0 aliphatic carbocycles. The average Bonchev–Trinajstić information content (AvgIpc) is 2.60. The highest BCUT2D eigenvalue weighted by molar-refractivity contribution is 5.84. The van der Waals surface area contributed by atoms with E-state index in [0.717, 1.165) is 24.9 Å². The molecule has 1 atom stereocenters. The van der Waals surface area contributed by atoms with Gasteiger partial charge in [-0.1, -0.05) is 51.1 Å². The molecule has 2 rings (SSSR count). The van der Waals surface area contributed by atoms with Crippen molar-refractivity contribution in [2.24, 2.45) is 5.92 Å². The fourth-order valence-electron chi connectivity index (χ4n) is 3.79. The van der Waals surface area contributed by atoms with Crippen molar-refractivity contribution >= 4 is 11.9 Å². The molecule has 1 heterocycles. The van der Waals surface area contributed by atoms with E-state index in [1.54, 1.807) is 0 Å². The van der Waals surface area contributed by atoms with E-state index in [0.29, 0.717) is 13.1 Å². The number of amides is 1. The van der Waals surface area contributed by atoms with Crippen LogP contribution in [0, 0.1) is 5.92 Å². The lowest BCUT2D eigenvalue weighted by Crippen LogP contribution is -2.49. The van der Waals surface area contributed by atoms with E-state index >= 15 is 0 Å². The number of hydrogen-bond acceptors (Lipinski definition) is 3. The molecule has 0 radical (unpaired) electrons. The molecule has 5 nitrogen and oxygen atoms in total. The molecule has 1 unspecified atom stereocenters. The number of benzene rings is 1. The number of aliphatic carboxylic acids is 1. The Morgan fingerprint density at radius 2 is 1.80 bits per heavy atom. The molecule has 5 heteroatoms. The summed E-state index contributed by atoms with van der Waals surface area (Å²) < 4.78 is 0. The second-order valence-corrected chi connectivity index (χ2v) is 7.15. The van der Waals surface area contributed by atoms with E-state index in [9.17, 15) is 9.59 Å². The molecule has 1 N–H and O–H groups in total. The molecule has 0 saturated carbocycles. The monoisotopic (exact) mass is 346 g/mol. The van der Waals surface area contributed by atoms with E-state index in [1.165, 1.54) is 0 Å². The zero-order chi connectivity index (χ0) is 18.4. The van der Waals surface area contributed by atoms with Crippen LogP contribution in [0.15, 0.2) is 30.3 Å². The Hall–Kier alpha value is -1.88. The van der Waals surface area contributed by atoms with Gasteiger partial charge in [-0.2, -0.15) is 0 Å². The van der Waals surface area contributed by atoms with Crippen molar-refractivity contribution in [2.45, 2.75) is 45.6 Å². The number of nitrogens with zero attached hydrogens (tertiary/aromatic N) is 2. The van der Waals surface area contributed by atoms with Crippen LogP contribution in [0.4, 0.5) is 0 Å². The molecule has 1 aromatic carbocycles. The van der Waals surface area contributed by atoms with Crippen molar-refractivity contribution in [2.75, 3.05) is 26.2 Å². The summed E-state index contributed by atoms with van der Waals surface area (Å²) >= 11 is 0. The van der Waals surface area contributed by atoms with Crippen LogP contribution in [0.25, 0.3) is 0 Å². The second kappa shape index (κ2) is 8.99. The molecule has 1 aromatic rings. The maximum absolute atomic E-state index is 13.1. The van der Waals surface area contributed by atoms with Crippen LogP contribution < -0.4 is 0 Å². The molecule has 138 valence electrons. The molecular formula is C20H30N2O3. The smallest absolute Gasteiger partial charge is 0.317 e. The van der Waals surface area contributed by atoms with Crippen LogP contribution in [0.5, 0.6) is 0 Å². The number of piperidine rings is 1. The van der Waals surface area contributed by atoms with E-state index < -0.39 is 5.97 Å². The highest BCUT2D eigenvalue weighted by atomic mass is 16.4. The lowest BCUT2D eigenvalue weighted by Gasteiger charge is -2.39. The van der Waals surface area contributed by atoms with Crippen LogP contribution in [-0.2, 0) is 9.59 Å². The predicted molar refractivity (Wildman–Crippen MR) is 98.5 cm³/mol. The summed E-state index contributed by atoms with van der Waals surface area (Å²) in [5, 5.41) is 9.04. The molecule has 1 aliphatic rings. The number of carbonyl (C=O) groups excluding carboxylic acids is 1. The standard InChI is InChI=1S/C20H30N2O3/c1-4-21(14-18(23)24)17-10-12-22(13-11-17)20(25)19(15(2)3)16-8-6-5-7-9-16/h5-9,15,17,19H,4,10-14H2,1-3H3,(H,23,24). The maximum Gasteiger partial charge on any atom is 0.317 e. The summed E-state index contributed by atoms with van der Waals surface area (Å²) in [6, 6.07) is 10.2. The number of hydrogen-bond donors (Lipinski definition) is 1. The van der Waals surface area contributed by atoms with Crippen molar-refractivity contribution in [3.8, 4) is 0 Å². The van der Waals surface area contributed by atoms with Gasteiger partial charge in [0.05, 0.1) is 12.5 Å². The fourth-order valence-corrected chi connectivity index (χ4v) is 3.79. The highest BCUT2D eigenvalue weighted by Crippen LogP contribution is 2.28. The SMILES string of the molecule is CCN(CC(=O)O)C1CCN(C(=O)C(c2ccccc2)C(C)C)CC1. The van der Waals surface area contributed by atoms with E-state index in [2.05, 4.69) is 13.8 Å². The summed E-state index contributed by atoms with van der Waals surface area (Å²) in [4.78, 5) is 28.0. The Bertz CT molecular complexity index is 566. The lowest BCUT2D eigenvalue weighted by molar-refractivity contribution is -0.140. The molecule has 0 bridgehead atoms. The van der Waals surface area contributed by atoms with Crippen molar-refractivity contribution in [3.63, 3.8) is 0 Å². The van der Waals surface area contributed by atoms with Gasteiger partial charge in [-0.3, -0.25) is 14.5 Å².